The Balaban J connectivity index is 0.00000341. The zero-order chi connectivity index (χ0) is 21.3. The number of benzene rings is 2. The zero-order valence-electron chi connectivity index (χ0n) is 17.9. The number of rotatable bonds is 7. The summed E-state index contributed by atoms with van der Waals surface area (Å²) in [5.41, 5.74) is 3.90. The average Bonchev–Trinajstić information content (AvgIpc) is 2.75. The summed E-state index contributed by atoms with van der Waals surface area (Å²) in [4.78, 5) is 27.9. The van der Waals surface area contributed by atoms with Crippen LogP contribution < -0.4 is 21.3 Å². The van der Waals surface area contributed by atoms with Gasteiger partial charge in [0.05, 0.1) is 0 Å². The summed E-state index contributed by atoms with van der Waals surface area (Å²) in [7, 11) is 1.73. The number of halogens is 1. The molecular formula is C23H30IN5O2. The molecule has 2 amide bonds. The molecule has 166 valence electrons. The number of hydrogen-bond acceptors (Lipinski definition) is 3. The lowest BCUT2D eigenvalue weighted by Crippen LogP contribution is -2.40. The van der Waals surface area contributed by atoms with E-state index in [4.69, 9.17) is 0 Å². The molecule has 0 saturated carbocycles. The van der Waals surface area contributed by atoms with Crippen molar-refractivity contribution in [2.75, 3.05) is 24.2 Å². The van der Waals surface area contributed by atoms with E-state index in [0.717, 1.165) is 28.9 Å². The first-order valence-electron chi connectivity index (χ1n) is 10.3. The standard InChI is InChI=1S/C23H29N5O2.HI/c1-3-6-21(29)27-18-11-9-16(10-12-18)14-25-23(24-2)26-15-17-13-22(30)28-20-8-5-4-7-19(17)20;/h4-5,7-12,17H,3,6,13-15H2,1-2H3,(H,27,29)(H,28,30)(H2,24,25,26);1H. The van der Waals surface area contributed by atoms with Gasteiger partial charge in [0.1, 0.15) is 0 Å². The molecule has 3 rings (SSSR count). The van der Waals surface area contributed by atoms with Crippen molar-refractivity contribution in [3.63, 3.8) is 0 Å². The summed E-state index contributed by atoms with van der Waals surface area (Å²) in [6, 6.07) is 15.7. The van der Waals surface area contributed by atoms with Crippen LogP contribution in [0.15, 0.2) is 53.5 Å². The number of anilines is 2. The molecule has 2 aromatic rings. The van der Waals surface area contributed by atoms with E-state index in [1.54, 1.807) is 7.05 Å². The Morgan fingerprint density at radius 3 is 2.58 bits per heavy atom. The van der Waals surface area contributed by atoms with Crippen molar-refractivity contribution in [3.8, 4) is 0 Å². The molecule has 1 aliphatic heterocycles. The van der Waals surface area contributed by atoms with E-state index in [1.165, 1.54) is 0 Å². The van der Waals surface area contributed by atoms with Gasteiger partial charge in [-0.3, -0.25) is 14.6 Å². The fourth-order valence-electron chi connectivity index (χ4n) is 3.47. The summed E-state index contributed by atoms with van der Waals surface area (Å²) in [5, 5.41) is 12.4. The fourth-order valence-corrected chi connectivity index (χ4v) is 3.47. The molecule has 2 aromatic carbocycles. The lowest BCUT2D eigenvalue weighted by atomic mass is 9.90. The highest BCUT2D eigenvalue weighted by molar-refractivity contribution is 14.0. The minimum atomic E-state index is 0. The first-order chi connectivity index (χ1) is 14.6. The molecular weight excluding hydrogens is 505 g/mol. The van der Waals surface area contributed by atoms with Crippen LogP contribution in [0.25, 0.3) is 0 Å². The second-order valence-electron chi connectivity index (χ2n) is 7.34. The van der Waals surface area contributed by atoms with Crippen molar-refractivity contribution in [2.24, 2.45) is 4.99 Å². The van der Waals surface area contributed by atoms with Crippen molar-refractivity contribution in [1.82, 2.24) is 10.6 Å². The van der Waals surface area contributed by atoms with Gasteiger partial charge in [0, 0.05) is 50.3 Å². The topological polar surface area (TPSA) is 94.6 Å². The van der Waals surface area contributed by atoms with Gasteiger partial charge in [-0.05, 0) is 35.7 Å². The summed E-state index contributed by atoms with van der Waals surface area (Å²) in [6.45, 7) is 3.20. The van der Waals surface area contributed by atoms with Gasteiger partial charge in [0.15, 0.2) is 5.96 Å². The van der Waals surface area contributed by atoms with Crippen LogP contribution in [-0.2, 0) is 16.1 Å². The van der Waals surface area contributed by atoms with Crippen LogP contribution in [-0.4, -0.2) is 31.4 Å². The van der Waals surface area contributed by atoms with Crippen LogP contribution in [0.1, 0.15) is 43.2 Å². The number of nitrogens with one attached hydrogen (secondary N) is 4. The maximum absolute atomic E-state index is 12.0. The number of amides is 2. The number of fused-ring (bicyclic) bond motifs is 1. The van der Waals surface area contributed by atoms with Crippen LogP contribution in [0, 0.1) is 0 Å². The van der Waals surface area contributed by atoms with E-state index in [-0.39, 0.29) is 41.7 Å². The summed E-state index contributed by atoms with van der Waals surface area (Å²) in [5.74, 6) is 0.846. The second kappa shape index (κ2) is 12.3. The number of para-hydroxylation sites is 1. The first-order valence-corrected chi connectivity index (χ1v) is 10.3. The molecule has 1 heterocycles. The van der Waals surface area contributed by atoms with Crippen molar-refractivity contribution in [3.05, 3.63) is 59.7 Å². The molecule has 31 heavy (non-hydrogen) atoms. The number of aliphatic imine (C=N–C) groups is 1. The van der Waals surface area contributed by atoms with E-state index < -0.39 is 0 Å². The Morgan fingerprint density at radius 2 is 1.87 bits per heavy atom. The van der Waals surface area contributed by atoms with Crippen LogP contribution in [0.5, 0.6) is 0 Å². The predicted octanol–water partition coefficient (Wildman–Crippen LogP) is 3.83. The number of carbonyl (C=O) groups excluding carboxylic acids is 2. The minimum Gasteiger partial charge on any atom is -0.356 e. The van der Waals surface area contributed by atoms with Crippen molar-refractivity contribution in [2.45, 2.75) is 38.6 Å². The Kier molecular flexibility index (Phi) is 9.77. The van der Waals surface area contributed by atoms with Crippen molar-refractivity contribution < 1.29 is 9.59 Å². The molecule has 1 aliphatic rings. The third-order valence-corrected chi connectivity index (χ3v) is 5.02. The number of carbonyl (C=O) groups is 2. The van der Waals surface area contributed by atoms with Crippen LogP contribution in [0.2, 0.25) is 0 Å². The van der Waals surface area contributed by atoms with E-state index in [1.807, 2.05) is 49.4 Å². The van der Waals surface area contributed by atoms with E-state index in [0.29, 0.717) is 31.9 Å². The molecule has 0 saturated heterocycles. The lowest BCUT2D eigenvalue weighted by Gasteiger charge is -2.26. The normalized spacial score (nSPS) is 15.2. The molecule has 8 heteroatoms. The molecule has 0 aromatic heterocycles. The maximum atomic E-state index is 12.0. The highest BCUT2D eigenvalue weighted by Crippen LogP contribution is 2.31. The zero-order valence-corrected chi connectivity index (χ0v) is 20.2. The van der Waals surface area contributed by atoms with Gasteiger partial charge >= 0.3 is 0 Å². The molecule has 0 bridgehead atoms. The van der Waals surface area contributed by atoms with Gasteiger partial charge in [-0.2, -0.15) is 0 Å². The predicted molar refractivity (Wildman–Crippen MR) is 136 cm³/mol. The Labute approximate surface area is 200 Å². The van der Waals surface area contributed by atoms with Gasteiger partial charge in [0.25, 0.3) is 0 Å². The quantitative estimate of drug-likeness (QED) is 0.246. The SMILES string of the molecule is CCCC(=O)Nc1ccc(CNC(=NC)NCC2CC(=O)Nc3ccccc32)cc1.I. The largest absolute Gasteiger partial charge is 0.356 e. The smallest absolute Gasteiger partial charge is 0.225 e. The highest BCUT2D eigenvalue weighted by Gasteiger charge is 2.24. The van der Waals surface area contributed by atoms with Gasteiger partial charge in [-0.1, -0.05) is 37.3 Å². The van der Waals surface area contributed by atoms with E-state index >= 15 is 0 Å². The van der Waals surface area contributed by atoms with Crippen LogP contribution in [0.4, 0.5) is 11.4 Å². The average molecular weight is 535 g/mol. The molecule has 0 aliphatic carbocycles. The molecule has 7 nitrogen and oxygen atoms in total. The number of guanidine groups is 1. The third-order valence-electron chi connectivity index (χ3n) is 5.02. The van der Waals surface area contributed by atoms with Crippen LogP contribution >= 0.6 is 24.0 Å². The molecule has 1 unspecified atom stereocenters. The Morgan fingerprint density at radius 1 is 1.13 bits per heavy atom. The van der Waals surface area contributed by atoms with Gasteiger partial charge in [-0.15, -0.1) is 24.0 Å². The van der Waals surface area contributed by atoms with Crippen molar-refractivity contribution >= 4 is 53.1 Å². The second-order valence-corrected chi connectivity index (χ2v) is 7.34. The number of hydrogen-bond donors (Lipinski definition) is 4. The number of nitrogens with zero attached hydrogens (tertiary/aromatic N) is 1. The molecule has 4 N–H and O–H groups in total. The third kappa shape index (κ3) is 7.23. The van der Waals surface area contributed by atoms with Gasteiger partial charge < -0.3 is 21.3 Å². The summed E-state index contributed by atoms with van der Waals surface area (Å²) >= 11 is 0. The van der Waals surface area contributed by atoms with Crippen LogP contribution in [0.3, 0.4) is 0 Å². The van der Waals surface area contributed by atoms with E-state index in [9.17, 15) is 9.59 Å². The van der Waals surface area contributed by atoms with Crippen molar-refractivity contribution in [1.29, 1.82) is 0 Å². The van der Waals surface area contributed by atoms with Gasteiger partial charge in [-0.25, -0.2) is 0 Å². The lowest BCUT2D eigenvalue weighted by molar-refractivity contribution is -0.117. The molecule has 1 atom stereocenters. The molecule has 0 spiro atoms. The molecule has 0 radical (unpaired) electrons. The Hall–Kier alpha value is -2.62. The van der Waals surface area contributed by atoms with E-state index in [2.05, 4.69) is 32.3 Å². The molecule has 0 fully saturated rings. The Bertz CT molecular complexity index is 914. The summed E-state index contributed by atoms with van der Waals surface area (Å²) in [6.07, 6.45) is 1.81. The monoisotopic (exact) mass is 535 g/mol. The van der Waals surface area contributed by atoms with Gasteiger partial charge in [0.2, 0.25) is 11.8 Å². The first kappa shape index (κ1) is 24.6. The fraction of sp³-hybridized carbons (Fsp3) is 0.348. The highest BCUT2D eigenvalue weighted by atomic mass is 127. The summed E-state index contributed by atoms with van der Waals surface area (Å²) < 4.78 is 0. The minimum absolute atomic E-state index is 0. The maximum Gasteiger partial charge on any atom is 0.225 e.